The average molecular weight is 409 g/mol. The molecule has 1 aromatic heterocycles. The van der Waals surface area contributed by atoms with Gasteiger partial charge in [0, 0.05) is 68.2 Å². The second-order valence-corrected chi connectivity index (χ2v) is 10.2. The molecule has 0 radical (unpaired) electrons. The minimum absolute atomic E-state index is 0.206. The van der Waals surface area contributed by atoms with Crippen molar-refractivity contribution in [3.8, 4) is 11.3 Å². The van der Waals surface area contributed by atoms with E-state index in [4.69, 9.17) is 11.6 Å². The average Bonchev–Trinajstić information content (AvgIpc) is 3.17. The maximum Gasteiger partial charge on any atom is 0.151 e. The Morgan fingerprint density at radius 1 is 1.22 bits per heavy atom. The summed E-state index contributed by atoms with van der Waals surface area (Å²) >= 11 is 6.15. The van der Waals surface area contributed by atoms with Gasteiger partial charge in [0.25, 0.3) is 0 Å². The third-order valence-corrected chi connectivity index (χ3v) is 7.51. The highest BCUT2D eigenvalue weighted by molar-refractivity contribution is 7.91. The van der Waals surface area contributed by atoms with Gasteiger partial charge in [-0.25, -0.2) is 8.42 Å². The van der Waals surface area contributed by atoms with Crippen LogP contribution in [-0.2, 0) is 23.4 Å². The van der Waals surface area contributed by atoms with Gasteiger partial charge in [-0.2, -0.15) is 5.10 Å². The molecule has 1 atom stereocenters. The zero-order chi connectivity index (χ0) is 19.0. The number of nitrogens with zero attached hydrogens (tertiary/aromatic N) is 4. The largest absolute Gasteiger partial charge is 0.297 e. The number of rotatable bonds is 4. The van der Waals surface area contributed by atoms with Crippen LogP contribution in [0.1, 0.15) is 12.0 Å². The third kappa shape index (κ3) is 4.37. The molecule has 0 unspecified atom stereocenters. The van der Waals surface area contributed by atoms with Crippen LogP contribution >= 0.6 is 11.6 Å². The molecule has 0 saturated carbocycles. The van der Waals surface area contributed by atoms with Crippen LogP contribution in [0.25, 0.3) is 11.3 Å². The molecule has 4 rings (SSSR count). The lowest BCUT2D eigenvalue weighted by Crippen LogP contribution is -2.50. The first-order chi connectivity index (χ1) is 12.9. The Kier molecular flexibility index (Phi) is 5.29. The Bertz CT molecular complexity index is 920. The van der Waals surface area contributed by atoms with Crippen molar-refractivity contribution in [2.45, 2.75) is 19.0 Å². The molecule has 2 aliphatic heterocycles. The monoisotopic (exact) mass is 408 g/mol. The van der Waals surface area contributed by atoms with Crippen molar-refractivity contribution in [1.29, 1.82) is 0 Å². The smallest absolute Gasteiger partial charge is 0.151 e. The predicted octanol–water partition coefficient (Wildman–Crippen LogP) is 2.05. The summed E-state index contributed by atoms with van der Waals surface area (Å²) in [5, 5.41) is 5.35. The van der Waals surface area contributed by atoms with E-state index >= 15 is 0 Å². The van der Waals surface area contributed by atoms with Crippen LogP contribution in [-0.4, -0.2) is 71.7 Å². The molecular weight excluding hydrogens is 384 g/mol. The predicted molar refractivity (Wildman–Crippen MR) is 108 cm³/mol. The molecule has 1 aromatic carbocycles. The summed E-state index contributed by atoms with van der Waals surface area (Å²) in [6.45, 7) is 4.58. The normalized spacial score (nSPS) is 23.7. The van der Waals surface area contributed by atoms with Crippen molar-refractivity contribution in [3.63, 3.8) is 0 Å². The van der Waals surface area contributed by atoms with Gasteiger partial charge >= 0.3 is 0 Å². The molecule has 27 heavy (non-hydrogen) atoms. The topological polar surface area (TPSA) is 58.4 Å². The van der Waals surface area contributed by atoms with E-state index in [1.165, 1.54) is 5.56 Å². The number of aryl methyl sites for hydroxylation is 1. The maximum atomic E-state index is 11.7. The summed E-state index contributed by atoms with van der Waals surface area (Å²) in [5.74, 6) is 0.672. The van der Waals surface area contributed by atoms with Gasteiger partial charge in [0.05, 0.1) is 17.2 Å². The summed E-state index contributed by atoms with van der Waals surface area (Å²) in [6, 6.07) is 8.01. The van der Waals surface area contributed by atoms with Crippen molar-refractivity contribution in [3.05, 3.63) is 41.0 Å². The van der Waals surface area contributed by atoms with Crippen LogP contribution in [0.2, 0.25) is 5.02 Å². The lowest BCUT2D eigenvalue weighted by Gasteiger charge is -2.37. The van der Waals surface area contributed by atoms with Gasteiger partial charge in [-0.05, 0) is 18.6 Å². The summed E-state index contributed by atoms with van der Waals surface area (Å²) in [4.78, 5) is 4.77. The van der Waals surface area contributed by atoms with E-state index in [9.17, 15) is 8.42 Å². The van der Waals surface area contributed by atoms with Gasteiger partial charge in [-0.1, -0.05) is 23.7 Å². The minimum atomic E-state index is -2.82. The highest BCUT2D eigenvalue weighted by Gasteiger charge is 2.33. The van der Waals surface area contributed by atoms with Crippen molar-refractivity contribution in [1.82, 2.24) is 19.6 Å². The SMILES string of the molecule is Cn1cc(CN2CCN([C@H]3CCS(=O)(=O)C3)CC2)c(-c2cccc(Cl)c2)n1. The Labute approximate surface area is 165 Å². The first kappa shape index (κ1) is 18.9. The highest BCUT2D eigenvalue weighted by atomic mass is 35.5. The lowest BCUT2D eigenvalue weighted by molar-refractivity contribution is 0.100. The Morgan fingerprint density at radius 2 is 2.00 bits per heavy atom. The van der Waals surface area contributed by atoms with E-state index in [0.717, 1.165) is 50.4 Å². The van der Waals surface area contributed by atoms with Crippen LogP contribution in [0.3, 0.4) is 0 Å². The standard InChI is InChI=1S/C19H25ClN4O2S/c1-22-12-16(19(21-22)15-3-2-4-17(20)11-15)13-23-6-8-24(9-7-23)18-5-10-27(25,26)14-18/h2-4,11-12,18H,5-10,13-14H2,1H3/t18-/m0/s1. The van der Waals surface area contributed by atoms with Crippen LogP contribution in [0.5, 0.6) is 0 Å². The number of piperazine rings is 1. The molecule has 146 valence electrons. The number of halogens is 1. The van der Waals surface area contributed by atoms with E-state index < -0.39 is 9.84 Å². The number of aromatic nitrogens is 2. The van der Waals surface area contributed by atoms with Crippen LogP contribution in [0, 0.1) is 0 Å². The molecule has 6 nitrogen and oxygen atoms in total. The summed E-state index contributed by atoms with van der Waals surface area (Å²) in [7, 11) is -0.880. The Morgan fingerprint density at radius 3 is 2.67 bits per heavy atom. The molecular formula is C19H25ClN4O2S. The molecule has 2 fully saturated rings. The van der Waals surface area contributed by atoms with Crippen LogP contribution < -0.4 is 0 Å². The van der Waals surface area contributed by atoms with E-state index in [1.54, 1.807) is 0 Å². The maximum absolute atomic E-state index is 11.7. The Hall–Kier alpha value is -1.41. The molecule has 0 aliphatic carbocycles. The number of hydrogen-bond donors (Lipinski definition) is 0. The highest BCUT2D eigenvalue weighted by Crippen LogP contribution is 2.26. The van der Waals surface area contributed by atoms with Gasteiger partial charge in [-0.3, -0.25) is 14.5 Å². The van der Waals surface area contributed by atoms with Crippen molar-refractivity contribution >= 4 is 21.4 Å². The van der Waals surface area contributed by atoms with Crippen LogP contribution in [0.15, 0.2) is 30.5 Å². The van der Waals surface area contributed by atoms with Crippen molar-refractivity contribution in [2.24, 2.45) is 7.05 Å². The van der Waals surface area contributed by atoms with Gasteiger partial charge in [-0.15, -0.1) is 0 Å². The second-order valence-electron chi connectivity index (χ2n) is 7.56. The van der Waals surface area contributed by atoms with Gasteiger partial charge in [0.2, 0.25) is 0 Å². The quantitative estimate of drug-likeness (QED) is 0.774. The number of sulfone groups is 1. The zero-order valence-electron chi connectivity index (χ0n) is 15.5. The number of hydrogen-bond acceptors (Lipinski definition) is 5. The lowest BCUT2D eigenvalue weighted by atomic mass is 10.1. The third-order valence-electron chi connectivity index (χ3n) is 5.53. The fourth-order valence-corrected chi connectivity index (χ4v) is 6.07. The van der Waals surface area contributed by atoms with Gasteiger partial charge in [0.15, 0.2) is 9.84 Å². The summed E-state index contributed by atoms with van der Waals surface area (Å²) < 4.78 is 25.3. The van der Waals surface area contributed by atoms with E-state index in [0.29, 0.717) is 16.5 Å². The molecule has 0 spiro atoms. The second kappa shape index (κ2) is 7.54. The first-order valence-electron chi connectivity index (χ1n) is 9.35. The van der Waals surface area contributed by atoms with E-state index in [2.05, 4.69) is 21.1 Å². The number of benzene rings is 1. The zero-order valence-corrected chi connectivity index (χ0v) is 17.1. The molecule has 8 heteroatoms. The molecule has 0 amide bonds. The summed E-state index contributed by atoms with van der Waals surface area (Å²) in [5.41, 5.74) is 3.20. The van der Waals surface area contributed by atoms with Crippen molar-refractivity contribution < 1.29 is 8.42 Å². The molecule has 0 bridgehead atoms. The first-order valence-corrected chi connectivity index (χ1v) is 11.5. The molecule has 0 N–H and O–H groups in total. The minimum Gasteiger partial charge on any atom is -0.297 e. The molecule has 2 saturated heterocycles. The van der Waals surface area contributed by atoms with Crippen LogP contribution in [0.4, 0.5) is 0 Å². The van der Waals surface area contributed by atoms with Gasteiger partial charge < -0.3 is 0 Å². The fraction of sp³-hybridized carbons (Fsp3) is 0.526. The summed E-state index contributed by atoms with van der Waals surface area (Å²) in [6.07, 6.45) is 2.86. The van der Waals surface area contributed by atoms with Gasteiger partial charge in [0.1, 0.15) is 0 Å². The molecule has 2 aromatic rings. The molecule has 2 aliphatic rings. The van der Waals surface area contributed by atoms with E-state index in [-0.39, 0.29) is 6.04 Å². The molecule has 3 heterocycles. The fourth-order valence-electron chi connectivity index (χ4n) is 4.12. The van der Waals surface area contributed by atoms with Crippen molar-refractivity contribution in [2.75, 3.05) is 37.7 Å². The Balaban J connectivity index is 1.41. The van der Waals surface area contributed by atoms with E-state index in [1.807, 2.05) is 36.0 Å².